The first-order valence-electron chi connectivity index (χ1n) is 12.8. The van der Waals surface area contributed by atoms with Crippen LogP contribution in [0.5, 0.6) is 0 Å². The maximum Gasteiger partial charge on any atom is 0.261 e. The summed E-state index contributed by atoms with van der Waals surface area (Å²) in [5, 5.41) is 6.78. The highest BCUT2D eigenvalue weighted by atomic mass is 35.5. The standard InChI is InChI=1S/C29H34ClN3O3Si/c1-20-17-33(18-21(2)35-20)27-25(32-24-16-31-36-28(24)26(27)30)19-34-37(29(3,4)5,22-12-8-6-9-13-22)23-14-10-7-11-15-23/h6-16,20-21H,17-19H2,1-5H3/t20-,21+. The Balaban J connectivity index is 1.64. The summed E-state index contributed by atoms with van der Waals surface area (Å²) in [4.78, 5) is 7.22. The molecule has 4 aromatic rings. The Morgan fingerprint density at radius 1 is 0.973 bits per heavy atom. The zero-order valence-corrected chi connectivity index (χ0v) is 23.8. The number of nitrogens with zero attached hydrogens (tertiary/aromatic N) is 3. The molecule has 0 amide bonds. The van der Waals surface area contributed by atoms with E-state index in [1.165, 1.54) is 10.4 Å². The van der Waals surface area contributed by atoms with Gasteiger partial charge in [-0.1, -0.05) is 98.2 Å². The van der Waals surface area contributed by atoms with Crippen LogP contribution in [-0.2, 0) is 15.8 Å². The normalized spacial score (nSPS) is 18.9. The monoisotopic (exact) mass is 535 g/mol. The SMILES string of the molecule is C[C@@H]1CN(c2c(CO[Si](c3ccccc3)(c3ccccc3)C(C)(C)C)nc3cnoc3c2Cl)C[C@H](C)O1. The third-order valence-electron chi connectivity index (χ3n) is 7.07. The predicted molar refractivity (Wildman–Crippen MR) is 151 cm³/mol. The summed E-state index contributed by atoms with van der Waals surface area (Å²) >= 11 is 6.99. The van der Waals surface area contributed by atoms with E-state index in [0.717, 1.165) is 11.4 Å². The van der Waals surface area contributed by atoms with Crippen molar-refractivity contribution in [2.24, 2.45) is 0 Å². The first-order chi connectivity index (χ1) is 17.7. The molecule has 1 saturated heterocycles. The molecule has 0 radical (unpaired) electrons. The molecule has 5 rings (SSSR count). The molecule has 0 spiro atoms. The van der Waals surface area contributed by atoms with Gasteiger partial charge in [0.05, 0.1) is 36.4 Å². The van der Waals surface area contributed by atoms with Gasteiger partial charge in [0.25, 0.3) is 8.32 Å². The molecule has 8 heteroatoms. The molecule has 3 heterocycles. The second-order valence-electron chi connectivity index (χ2n) is 10.9. The average molecular weight is 536 g/mol. The number of hydrogen-bond donors (Lipinski definition) is 0. The lowest BCUT2D eigenvalue weighted by Gasteiger charge is -2.43. The summed E-state index contributed by atoms with van der Waals surface area (Å²) < 4.78 is 18.7. The second-order valence-corrected chi connectivity index (χ2v) is 15.6. The average Bonchev–Trinajstić information content (AvgIpc) is 3.33. The summed E-state index contributed by atoms with van der Waals surface area (Å²) in [6.45, 7) is 12.7. The van der Waals surface area contributed by atoms with Crippen molar-refractivity contribution in [2.75, 3.05) is 18.0 Å². The number of rotatable bonds is 6. The van der Waals surface area contributed by atoms with E-state index in [9.17, 15) is 0 Å². The van der Waals surface area contributed by atoms with Crippen LogP contribution in [0, 0.1) is 0 Å². The maximum atomic E-state index is 7.23. The van der Waals surface area contributed by atoms with Gasteiger partial charge in [0.15, 0.2) is 0 Å². The van der Waals surface area contributed by atoms with Gasteiger partial charge in [-0.2, -0.15) is 0 Å². The number of anilines is 1. The number of benzene rings is 2. The second kappa shape index (κ2) is 10.2. The van der Waals surface area contributed by atoms with E-state index in [-0.39, 0.29) is 17.2 Å². The van der Waals surface area contributed by atoms with E-state index in [1.807, 2.05) is 0 Å². The molecule has 0 saturated carbocycles. The lowest BCUT2D eigenvalue weighted by atomic mass is 10.1. The van der Waals surface area contributed by atoms with Crippen molar-refractivity contribution in [1.82, 2.24) is 10.1 Å². The van der Waals surface area contributed by atoms with E-state index in [0.29, 0.717) is 35.8 Å². The minimum Gasteiger partial charge on any atom is -0.401 e. The molecule has 0 bridgehead atoms. The van der Waals surface area contributed by atoms with Crippen LogP contribution >= 0.6 is 11.6 Å². The van der Waals surface area contributed by atoms with Gasteiger partial charge in [0.1, 0.15) is 10.5 Å². The Bertz CT molecular complexity index is 1310. The zero-order chi connectivity index (χ0) is 26.2. The Hall–Kier alpha value is -2.71. The Kier molecular flexibility index (Phi) is 7.15. The van der Waals surface area contributed by atoms with Crippen molar-refractivity contribution in [3.05, 3.63) is 77.6 Å². The molecule has 6 nitrogen and oxygen atoms in total. The highest BCUT2D eigenvalue weighted by Crippen LogP contribution is 2.40. The minimum absolute atomic E-state index is 0.0655. The van der Waals surface area contributed by atoms with Crippen molar-refractivity contribution in [2.45, 2.75) is 58.5 Å². The van der Waals surface area contributed by atoms with E-state index >= 15 is 0 Å². The van der Waals surface area contributed by atoms with Gasteiger partial charge in [0, 0.05) is 13.1 Å². The Morgan fingerprint density at radius 2 is 1.54 bits per heavy atom. The lowest BCUT2D eigenvalue weighted by Crippen LogP contribution is -2.66. The maximum absolute atomic E-state index is 7.23. The minimum atomic E-state index is -2.77. The summed E-state index contributed by atoms with van der Waals surface area (Å²) in [5.41, 5.74) is 2.75. The molecule has 0 aliphatic carbocycles. The Labute approximate surface area is 224 Å². The molecule has 0 N–H and O–H groups in total. The van der Waals surface area contributed by atoms with Crippen molar-refractivity contribution in [1.29, 1.82) is 0 Å². The van der Waals surface area contributed by atoms with Gasteiger partial charge in [-0.05, 0) is 29.3 Å². The van der Waals surface area contributed by atoms with E-state index in [4.69, 9.17) is 30.3 Å². The fourth-order valence-corrected chi connectivity index (χ4v) is 10.5. The fraction of sp³-hybridized carbons (Fsp3) is 0.379. The van der Waals surface area contributed by atoms with Gasteiger partial charge < -0.3 is 18.6 Å². The third-order valence-corrected chi connectivity index (χ3v) is 12.4. The molecule has 2 aromatic heterocycles. The number of halogens is 1. The lowest BCUT2D eigenvalue weighted by molar-refractivity contribution is -0.00532. The van der Waals surface area contributed by atoms with Gasteiger partial charge in [-0.3, -0.25) is 0 Å². The van der Waals surface area contributed by atoms with Crippen LogP contribution in [0.3, 0.4) is 0 Å². The molecule has 2 aromatic carbocycles. The third kappa shape index (κ3) is 4.81. The highest BCUT2D eigenvalue weighted by molar-refractivity contribution is 6.99. The predicted octanol–water partition coefficient (Wildman–Crippen LogP) is 5.57. The first kappa shape index (κ1) is 25.9. The van der Waals surface area contributed by atoms with Crippen molar-refractivity contribution in [3.8, 4) is 0 Å². The topological polar surface area (TPSA) is 60.6 Å². The summed E-state index contributed by atoms with van der Waals surface area (Å²) in [6, 6.07) is 21.3. The van der Waals surface area contributed by atoms with Crippen LogP contribution < -0.4 is 15.3 Å². The number of hydrogen-bond acceptors (Lipinski definition) is 6. The van der Waals surface area contributed by atoms with Crippen molar-refractivity contribution < 1.29 is 13.7 Å². The summed E-state index contributed by atoms with van der Waals surface area (Å²) in [6.07, 6.45) is 1.74. The highest BCUT2D eigenvalue weighted by Gasteiger charge is 2.50. The Morgan fingerprint density at radius 3 is 2.08 bits per heavy atom. The van der Waals surface area contributed by atoms with Crippen LogP contribution in [0.25, 0.3) is 11.1 Å². The molecule has 1 fully saturated rings. The number of morpholine rings is 1. The van der Waals surface area contributed by atoms with Crippen LogP contribution in [0.2, 0.25) is 10.1 Å². The molecule has 37 heavy (non-hydrogen) atoms. The van der Waals surface area contributed by atoms with E-state index in [2.05, 4.69) is 105 Å². The van der Waals surface area contributed by atoms with Gasteiger partial charge in [-0.25, -0.2) is 4.98 Å². The smallest absolute Gasteiger partial charge is 0.261 e. The van der Waals surface area contributed by atoms with Crippen molar-refractivity contribution >= 4 is 47.1 Å². The number of pyridine rings is 1. The zero-order valence-electron chi connectivity index (χ0n) is 22.1. The molecular formula is C29H34ClN3O3Si. The van der Waals surface area contributed by atoms with E-state index < -0.39 is 8.32 Å². The van der Waals surface area contributed by atoms with Crippen LogP contribution in [0.4, 0.5) is 5.69 Å². The summed E-state index contributed by atoms with van der Waals surface area (Å²) in [7, 11) is -2.77. The molecular weight excluding hydrogens is 502 g/mol. The number of fused-ring (bicyclic) bond motifs is 1. The largest absolute Gasteiger partial charge is 0.401 e. The molecule has 1 aliphatic rings. The summed E-state index contributed by atoms with van der Waals surface area (Å²) in [5.74, 6) is 0. The first-order valence-corrected chi connectivity index (χ1v) is 15.1. The van der Waals surface area contributed by atoms with E-state index in [1.54, 1.807) is 6.20 Å². The van der Waals surface area contributed by atoms with Crippen molar-refractivity contribution in [3.63, 3.8) is 0 Å². The molecule has 2 atom stereocenters. The van der Waals surface area contributed by atoms with Gasteiger partial charge in [-0.15, -0.1) is 0 Å². The molecule has 1 aliphatic heterocycles. The molecule has 194 valence electrons. The number of aromatic nitrogens is 2. The number of ether oxygens (including phenoxy) is 1. The molecule has 0 unspecified atom stereocenters. The van der Waals surface area contributed by atoms with Crippen LogP contribution in [-0.4, -0.2) is 43.8 Å². The van der Waals surface area contributed by atoms with Gasteiger partial charge >= 0.3 is 0 Å². The van der Waals surface area contributed by atoms with Gasteiger partial charge in [0.2, 0.25) is 5.58 Å². The van der Waals surface area contributed by atoms with Crippen LogP contribution in [0.15, 0.2) is 71.4 Å². The quantitative estimate of drug-likeness (QED) is 0.301. The van der Waals surface area contributed by atoms with Crippen LogP contribution in [0.1, 0.15) is 40.3 Å². The fourth-order valence-electron chi connectivity index (χ4n) is 5.62.